The van der Waals surface area contributed by atoms with E-state index in [0.29, 0.717) is 17.0 Å². The van der Waals surface area contributed by atoms with E-state index in [9.17, 15) is 9.59 Å². The Morgan fingerprint density at radius 3 is 2.03 bits per heavy atom. The second-order valence-corrected chi connectivity index (χ2v) is 7.79. The molecule has 1 aliphatic heterocycles. The van der Waals surface area contributed by atoms with Crippen LogP contribution in [-0.2, 0) is 9.59 Å². The summed E-state index contributed by atoms with van der Waals surface area (Å²) in [7, 11) is 0. The first-order valence-electron chi connectivity index (χ1n) is 9.97. The van der Waals surface area contributed by atoms with E-state index in [1.165, 1.54) is 4.90 Å². The Bertz CT molecular complexity index is 1190. The monoisotopic (exact) mass is 396 g/mol. The number of benzene rings is 3. The lowest BCUT2D eigenvalue weighted by Crippen LogP contribution is -2.32. The fraction of sp³-hybridized carbons (Fsp3) is 0.154. The first kappa shape index (κ1) is 19.6. The fourth-order valence-electron chi connectivity index (χ4n) is 3.77. The van der Waals surface area contributed by atoms with Crippen molar-refractivity contribution in [1.82, 2.24) is 0 Å². The van der Waals surface area contributed by atoms with Crippen molar-refractivity contribution >= 4 is 28.8 Å². The molecular weight excluding hydrogens is 372 g/mol. The first-order chi connectivity index (χ1) is 14.4. The topological polar surface area (TPSA) is 49.4 Å². The average Bonchev–Trinajstić information content (AvgIpc) is 2.95. The van der Waals surface area contributed by atoms with Crippen LogP contribution in [0.5, 0.6) is 0 Å². The number of carbonyl (C=O) groups excluding carboxylic acids is 2. The summed E-state index contributed by atoms with van der Waals surface area (Å²) in [5.41, 5.74) is 6.99. The molecule has 0 unspecified atom stereocenters. The minimum Gasteiger partial charge on any atom is -0.350 e. The maximum atomic E-state index is 13.5. The van der Waals surface area contributed by atoms with Gasteiger partial charge in [-0.25, -0.2) is 4.90 Å². The summed E-state index contributed by atoms with van der Waals surface area (Å²) in [4.78, 5) is 28.3. The molecule has 4 nitrogen and oxygen atoms in total. The van der Waals surface area contributed by atoms with Gasteiger partial charge in [-0.15, -0.1) is 0 Å². The highest BCUT2D eigenvalue weighted by molar-refractivity contribution is 6.46. The molecule has 30 heavy (non-hydrogen) atoms. The molecule has 0 radical (unpaired) electrons. The van der Waals surface area contributed by atoms with E-state index >= 15 is 0 Å². The largest absolute Gasteiger partial charge is 0.350 e. The summed E-state index contributed by atoms with van der Waals surface area (Å²) in [6, 6.07) is 21.1. The molecule has 4 heteroatoms. The molecule has 0 saturated carbocycles. The minimum absolute atomic E-state index is 0.307. The first-order valence-corrected chi connectivity index (χ1v) is 9.97. The zero-order valence-corrected chi connectivity index (χ0v) is 17.6. The second kappa shape index (κ2) is 7.64. The van der Waals surface area contributed by atoms with Gasteiger partial charge in [-0.05, 0) is 62.6 Å². The maximum absolute atomic E-state index is 13.5. The van der Waals surface area contributed by atoms with Gasteiger partial charge < -0.3 is 5.32 Å². The van der Waals surface area contributed by atoms with E-state index in [-0.39, 0.29) is 11.8 Å². The van der Waals surface area contributed by atoms with Gasteiger partial charge in [0.05, 0.1) is 11.3 Å². The van der Waals surface area contributed by atoms with Crippen LogP contribution in [0.25, 0.3) is 5.57 Å². The number of aryl methyl sites for hydroxylation is 4. The number of hydrogen-bond acceptors (Lipinski definition) is 3. The van der Waals surface area contributed by atoms with E-state index in [1.807, 2.05) is 94.4 Å². The Hall–Kier alpha value is -3.66. The maximum Gasteiger partial charge on any atom is 0.282 e. The summed E-state index contributed by atoms with van der Waals surface area (Å²) in [6.07, 6.45) is 0. The fourth-order valence-corrected chi connectivity index (χ4v) is 3.77. The summed E-state index contributed by atoms with van der Waals surface area (Å²) < 4.78 is 0. The molecule has 3 aromatic carbocycles. The number of rotatable bonds is 4. The van der Waals surface area contributed by atoms with Crippen molar-refractivity contribution in [1.29, 1.82) is 0 Å². The van der Waals surface area contributed by atoms with Crippen LogP contribution in [0.2, 0.25) is 0 Å². The smallest absolute Gasteiger partial charge is 0.282 e. The molecule has 3 aromatic rings. The minimum atomic E-state index is -0.345. The van der Waals surface area contributed by atoms with Crippen LogP contribution in [0.3, 0.4) is 0 Å². The van der Waals surface area contributed by atoms with Crippen molar-refractivity contribution in [2.75, 3.05) is 10.2 Å². The van der Waals surface area contributed by atoms with Gasteiger partial charge in [0.1, 0.15) is 5.70 Å². The van der Waals surface area contributed by atoms with Crippen molar-refractivity contribution in [2.45, 2.75) is 27.7 Å². The Morgan fingerprint density at radius 1 is 0.700 bits per heavy atom. The molecule has 0 saturated heterocycles. The number of amides is 2. The van der Waals surface area contributed by atoms with Gasteiger partial charge in [0.15, 0.2) is 0 Å². The predicted molar refractivity (Wildman–Crippen MR) is 121 cm³/mol. The zero-order chi connectivity index (χ0) is 21.4. The van der Waals surface area contributed by atoms with Gasteiger partial charge in [0.25, 0.3) is 11.8 Å². The average molecular weight is 396 g/mol. The predicted octanol–water partition coefficient (Wildman–Crippen LogP) is 5.32. The molecule has 0 atom stereocenters. The molecule has 0 bridgehead atoms. The highest BCUT2D eigenvalue weighted by Gasteiger charge is 2.40. The highest BCUT2D eigenvalue weighted by Crippen LogP contribution is 2.35. The van der Waals surface area contributed by atoms with E-state index in [2.05, 4.69) is 5.32 Å². The Balaban J connectivity index is 1.87. The molecule has 0 spiro atoms. The number of hydrogen-bond donors (Lipinski definition) is 1. The van der Waals surface area contributed by atoms with E-state index < -0.39 is 0 Å². The third kappa shape index (κ3) is 3.41. The normalized spacial score (nSPS) is 13.9. The van der Waals surface area contributed by atoms with Gasteiger partial charge in [-0.1, -0.05) is 59.7 Å². The number of anilines is 2. The molecule has 0 fully saturated rings. The van der Waals surface area contributed by atoms with Crippen molar-refractivity contribution in [2.24, 2.45) is 0 Å². The van der Waals surface area contributed by atoms with Crippen LogP contribution in [0, 0.1) is 27.7 Å². The van der Waals surface area contributed by atoms with E-state index in [4.69, 9.17) is 0 Å². The summed E-state index contributed by atoms with van der Waals surface area (Å²) in [5.74, 6) is -0.658. The molecule has 1 heterocycles. The molecule has 0 aliphatic carbocycles. The number of nitrogens with one attached hydrogen (secondary N) is 1. The van der Waals surface area contributed by atoms with Crippen LogP contribution in [-0.4, -0.2) is 11.8 Å². The third-order valence-corrected chi connectivity index (χ3v) is 5.43. The van der Waals surface area contributed by atoms with Crippen molar-refractivity contribution in [3.63, 3.8) is 0 Å². The van der Waals surface area contributed by atoms with E-state index in [0.717, 1.165) is 33.5 Å². The Kier molecular flexibility index (Phi) is 5.00. The lowest BCUT2D eigenvalue weighted by atomic mass is 9.97. The van der Waals surface area contributed by atoms with Gasteiger partial charge in [-0.2, -0.15) is 0 Å². The molecule has 2 amide bonds. The Morgan fingerprint density at radius 2 is 1.37 bits per heavy atom. The number of imide groups is 1. The van der Waals surface area contributed by atoms with Crippen LogP contribution < -0.4 is 10.2 Å². The third-order valence-electron chi connectivity index (χ3n) is 5.43. The van der Waals surface area contributed by atoms with Gasteiger partial charge in [-0.3, -0.25) is 9.59 Å². The van der Waals surface area contributed by atoms with Crippen molar-refractivity contribution < 1.29 is 9.59 Å². The molecule has 0 aromatic heterocycles. The molecule has 1 N–H and O–H groups in total. The van der Waals surface area contributed by atoms with Gasteiger partial charge in [0, 0.05) is 5.69 Å². The van der Waals surface area contributed by atoms with Gasteiger partial charge in [0.2, 0.25) is 0 Å². The summed E-state index contributed by atoms with van der Waals surface area (Å²) in [5, 5.41) is 3.26. The number of carbonyl (C=O) groups is 2. The van der Waals surface area contributed by atoms with E-state index in [1.54, 1.807) is 0 Å². The van der Waals surface area contributed by atoms with Crippen molar-refractivity contribution in [3.8, 4) is 0 Å². The SMILES string of the molecule is Cc1ccc(N2C(=O)C(Nc3ccccc3C)=C(c3ccc(C)cc3C)C2=O)cc1. The second-order valence-electron chi connectivity index (χ2n) is 7.79. The van der Waals surface area contributed by atoms with Crippen LogP contribution in [0.1, 0.15) is 27.8 Å². The number of para-hydroxylation sites is 1. The Labute approximate surface area is 176 Å². The molecule has 4 rings (SSSR count). The van der Waals surface area contributed by atoms with Crippen LogP contribution in [0.15, 0.2) is 72.4 Å². The lowest BCUT2D eigenvalue weighted by molar-refractivity contribution is -0.120. The van der Waals surface area contributed by atoms with Crippen molar-refractivity contribution in [3.05, 3.63) is 100 Å². The summed E-state index contributed by atoms with van der Waals surface area (Å²) in [6.45, 7) is 7.92. The molecule has 1 aliphatic rings. The summed E-state index contributed by atoms with van der Waals surface area (Å²) >= 11 is 0. The lowest BCUT2D eigenvalue weighted by Gasteiger charge is -2.16. The van der Waals surface area contributed by atoms with Crippen LogP contribution in [0.4, 0.5) is 11.4 Å². The molecular formula is C26H24N2O2. The van der Waals surface area contributed by atoms with Crippen LogP contribution >= 0.6 is 0 Å². The standard InChI is InChI=1S/C26H24N2O2/c1-16-9-12-20(13-10-16)28-25(29)23(21-14-11-17(2)15-19(21)4)24(26(28)30)27-22-8-6-5-7-18(22)3/h5-15,27H,1-4H3. The quantitative estimate of drug-likeness (QED) is 0.608. The number of nitrogens with zero attached hydrogens (tertiary/aromatic N) is 1. The zero-order valence-electron chi connectivity index (χ0n) is 17.6. The van der Waals surface area contributed by atoms with Gasteiger partial charge >= 0.3 is 0 Å². The highest BCUT2D eigenvalue weighted by atomic mass is 16.2. The molecule has 150 valence electrons.